The van der Waals surface area contributed by atoms with Crippen LogP contribution in [0.25, 0.3) is 0 Å². The zero-order valence-electron chi connectivity index (χ0n) is 13.6. The van der Waals surface area contributed by atoms with Crippen LogP contribution in [0.3, 0.4) is 0 Å². The van der Waals surface area contributed by atoms with E-state index in [-0.39, 0.29) is 0 Å². The van der Waals surface area contributed by atoms with Gasteiger partial charge in [0.1, 0.15) is 5.75 Å². The van der Waals surface area contributed by atoms with Gasteiger partial charge >= 0.3 is 0 Å². The number of aryl methyl sites for hydroxylation is 2. The van der Waals surface area contributed by atoms with Crippen molar-refractivity contribution in [3.05, 3.63) is 29.3 Å². The first kappa shape index (κ1) is 16.3. The molecule has 3 nitrogen and oxygen atoms in total. The van der Waals surface area contributed by atoms with Gasteiger partial charge in [-0.25, -0.2) is 0 Å². The SMILES string of the molecule is Cc1ccc(OCCCN2CCC(CCN)CC2)cc1C. The van der Waals surface area contributed by atoms with Crippen molar-refractivity contribution in [2.24, 2.45) is 11.7 Å². The van der Waals surface area contributed by atoms with Crippen LogP contribution in [0.1, 0.15) is 36.8 Å². The van der Waals surface area contributed by atoms with Crippen molar-refractivity contribution in [1.29, 1.82) is 0 Å². The summed E-state index contributed by atoms with van der Waals surface area (Å²) in [6.45, 7) is 9.53. The second-order valence-electron chi connectivity index (χ2n) is 6.31. The minimum atomic E-state index is 0.811. The smallest absolute Gasteiger partial charge is 0.119 e. The number of nitrogens with two attached hydrogens (primary N) is 1. The molecule has 1 heterocycles. The Morgan fingerprint density at radius 1 is 1.19 bits per heavy atom. The average molecular weight is 290 g/mol. The topological polar surface area (TPSA) is 38.5 Å². The number of benzene rings is 1. The van der Waals surface area contributed by atoms with E-state index >= 15 is 0 Å². The highest BCUT2D eigenvalue weighted by Gasteiger charge is 2.17. The molecule has 0 bridgehead atoms. The summed E-state index contributed by atoms with van der Waals surface area (Å²) in [6, 6.07) is 6.33. The zero-order valence-corrected chi connectivity index (χ0v) is 13.6. The van der Waals surface area contributed by atoms with Crippen LogP contribution in [0, 0.1) is 19.8 Å². The number of nitrogens with zero attached hydrogens (tertiary/aromatic N) is 1. The van der Waals surface area contributed by atoms with E-state index in [1.165, 1.54) is 43.5 Å². The monoisotopic (exact) mass is 290 g/mol. The van der Waals surface area contributed by atoms with Gasteiger partial charge < -0.3 is 15.4 Å². The second kappa shape index (κ2) is 8.40. The Morgan fingerprint density at radius 2 is 1.95 bits per heavy atom. The van der Waals surface area contributed by atoms with Crippen molar-refractivity contribution in [2.45, 2.75) is 39.5 Å². The molecule has 2 N–H and O–H groups in total. The maximum Gasteiger partial charge on any atom is 0.119 e. The van der Waals surface area contributed by atoms with Gasteiger partial charge in [-0.3, -0.25) is 0 Å². The third kappa shape index (κ3) is 5.33. The second-order valence-corrected chi connectivity index (χ2v) is 6.31. The Hall–Kier alpha value is -1.06. The van der Waals surface area contributed by atoms with Gasteiger partial charge in [0, 0.05) is 6.54 Å². The highest BCUT2D eigenvalue weighted by atomic mass is 16.5. The molecule has 2 rings (SSSR count). The summed E-state index contributed by atoms with van der Waals surface area (Å²) in [5.74, 6) is 1.86. The van der Waals surface area contributed by atoms with E-state index in [0.717, 1.165) is 37.8 Å². The first-order chi connectivity index (χ1) is 10.2. The lowest BCUT2D eigenvalue weighted by Gasteiger charge is -2.31. The standard InChI is InChI=1S/C18H30N2O/c1-15-4-5-18(14-16(15)2)21-13-3-10-20-11-7-17(6-9-19)8-12-20/h4-5,14,17H,3,6-13,19H2,1-2H3. The summed E-state index contributed by atoms with van der Waals surface area (Å²) in [5, 5.41) is 0. The first-order valence-electron chi connectivity index (χ1n) is 8.31. The van der Waals surface area contributed by atoms with Crippen molar-refractivity contribution in [1.82, 2.24) is 4.90 Å². The average Bonchev–Trinajstić information content (AvgIpc) is 2.49. The molecule has 21 heavy (non-hydrogen) atoms. The van der Waals surface area contributed by atoms with E-state index in [1.807, 2.05) is 0 Å². The summed E-state index contributed by atoms with van der Waals surface area (Å²) >= 11 is 0. The quantitative estimate of drug-likeness (QED) is 0.784. The van der Waals surface area contributed by atoms with Crippen LogP contribution in [-0.2, 0) is 0 Å². The number of rotatable bonds is 7. The van der Waals surface area contributed by atoms with Crippen LogP contribution in [0.5, 0.6) is 5.75 Å². The van der Waals surface area contributed by atoms with Crippen LogP contribution in [0.2, 0.25) is 0 Å². The van der Waals surface area contributed by atoms with E-state index in [2.05, 4.69) is 36.9 Å². The fourth-order valence-corrected chi connectivity index (χ4v) is 3.02. The molecule has 0 amide bonds. The number of hydrogen-bond donors (Lipinski definition) is 1. The molecule has 1 aromatic carbocycles. The van der Waals surface area contributed by atoms with Gasteiger partial charge in [-0.1, -0.05) is 6.07 Å². The number of hydrogen-bond acceptors (Lipinski definition) is 3. The molecule has 0 atom stereocenters. The molecule has 0 spiro atoms. The van der Waals surface area contributed by atoms with E-state index in [9.17, 15) is 0 Å². The minimum Gasteiger partial charge on any atom is -0.494 e. The lowest BCUT2D eigenvalue weighted by atomic mass is 9.93. The Balaban J connectivity index is 1.61. The molecule has 1 aliphatic rings. The Kier molecular flexibility index (Phi) is 6.52. The van der Waals surface area contributed by atoms with Crippen LogP contribution in [-0.4, -0.2) is 37.7 Å². The minimum absolute atomic E-state index is 0.811. The molecular formula is C18H30N2O. The van der Waals surface area contributed by atoms with Gasteiger partial charge in [0.05, 0.1) is 6.61 Å². The molecule has 1 aromatic rings. The van der Waals surface area contributed by atoms with Gasteiger partial charge in [0.25, 0.3) is 0 Å². The lowest BCUT2D eigenvalue weighted by Crippen LogP contribution is -2.35. The third-order valence-corrected chi connectivity index (χ3v) is 4.65. The summed E-state index contributed by atoms with van der Waals surface area (Å²) in [5.41, 5.74) is 8.26. The molecular weight excluding hydrogens is 260 g/mol. The normalized spacial score (nSPS) is 17.1. The highest BCUT2D eigenvalue weighted by Crippen LogP contribution is 2.20. The Morgan fingerprint density at radius 3 is 2.62 bits per heavy atom. The molecule has 1 aliphatic heterocycles. The van der Waals surface area contributed by atoms with Gasteiger partial charge in [-0.2, -0.15) is 0 Å². The van der Waals surface area contributed by atoms with E-state index in [0.29, 0.717) is 0 Å². The fraction of sp³-hybridized carbons (Fsp3) is 0.667. The largest absolute Gasteiger partial charge is 0.494 e. The van der Waals surface area contributed by atoms with Gasteiger partial charge in [-0.15, -0.1) is 0 Å². The molecule has 0 aromatic heterocycles. The van der Waals surface area contributed by atoms with Crippen LogP contribution in [0.15, 0.2) is 18.2 Å². The summed E-state index contributed by atoms with van der Waals surface area (Å²) in [4.78, 5) is 2.57. The summed E-state index contributed by atoms with van der Waals surface area (Å²) in [6.07, 6.45) is 4.93. The lowest BCUT2D eigenvalue weighted by molar-refractivity contribution is 0.167. The zero-order chi connectivity index (χ0) is 15.1. The maximum absolute atomic E-state index is 5.85. The molecule has 3 heteroatoms. The summed E-state index contributed by atoms with van der Waals surface area (Å²) in [7, 11) is 0. The van der Waals surface area contributed by atoms with Gasteiger partial charge in [0.15, 0.2) is 0 Å². The molecule has 1 saturated heterocycles. The molecule has 0 saturated carbocycles. The highest BCUT2D eigenvalue weighted by molar-refractivity contribution is 5.33. The number of piperidine rings is 1. The van der Waals surface area contributed by atoms with Gasteiger partial charge in [0.2, 0.25) is 0 Å². The van der Waals surface area contributed by atoms with Crippen LogP contribution >= 0.6 is 0 Å². The van der Waals surface area contributed by atoms with E-state index < -0.39 is 0 Å². The predicted octanol–water partition coefficient (Wildman–Crippen LogP) is 3.13. The predicted molar refractivity (Wildman–Crippen MR) is 88.9 cm³/mol. The van der Waals surface area contributed by atoms with Crippen molar-refractivity contribution in [2.75, 3.05) is 32.8 Å². The number of likely N-dealkylation sites (tertiary alicyclic amines) is 1. The van der Waals surface area contributed by atoms with Crippen LogP contribution < -0.4 is 10.5 Å². The maximum atomic E-state index is 5.85. The third-order valence-electron chi connectivity index (χ3n) is 4.65. The fourth-order valence-electron chi connectivity index (χ4n) is 3.02. The van der Waals surface area contributed by atoms with Crippen LogP contribution in [0.4, 0.5) is 0 Å². The van der Waals surface area contributed by atoms with Crippen molar-refractivity contribution >= 4 is 0 Å². The van der Waals surface area contributed by atoms with Gasteiger partial charge in [-0.05, 0) is 88.3 Å². The Labute approximate surface area is 129 Å². The Bertz CT molecular complexity index is 425. The van der Waals surface area contributed by atoms with E-state index in [4.69, 9.17) is 10.5 Å². The molecule has 0 unspecified atom stereocenters. The van der Waals surface area contributed by atoms with Crippen molar-refractivity contribution in [3.63, 3.8) is 0 Å². The number of ether oxygens (including phenoxy) is 1. The molecule has 118 valence electrons. The first-order valence-corrected chi connectivity index (χ1v) is 8.31. The molecule has 1 fully saturated rings. The molecule has 0 aliphatic carbocycles. The van der Waals surface area contributed by atoms with E-state index in [1.54, 1.807) is 0 Å². The molecule has 0 radical (unpaired) electrons. The van der Waals surface area contributed by atoms with Crippen molar-refractivity contribution < 1.29 is 4.74 Å². The van der Waals surface area contributed by atoms with Crippen molar-refractivity contribution in [3.8, 4) is 5.75 Å². The summed E-state index contributed by atoms with van der Waals surface area (Å²) < 4.78 is 5.85.